The van der Waals surface area contributed by atoms with E-state index in [4.69, 9.17) is 28.6 Å². The maximum absolute atomic E-state index is 14.7. The molecule has 3 aromatic rings. The van der Waals surface area contributed by atoms with E-state index in [9.17, 15) is 9.59 Å². The van der Waals surface area contributed by atoms with Gasteiger partial charge in [-0.2, -0.15) is 0 Å². The molecule has 2 saturated heterocycles. The Morgan fingerprint density at radius 2 is 1.78 bits per heavy atom. The van der Waals surface area contributed by atoms with Gasteiger partial charge in [-0.05, 0) is 48.5 Å². The zero-order chi connectivity index (χ0) is 25.9. The molecule has 3 aliphatic heterocycles. The fraction of sp³-hybridized carbons (Fsp3) is 0.250. The van der Waals surface area contributed by atoms with Gasteiger partial charge in [-0.3, -0.25) is 19.4 Å². The van der Waals surface area contributed by atoms with Gasteiger partial charge in [0.25, 0.3) is 5.91 Å². The first-order chi connectivity index (χ1) is 17.8. The number of halogens is 1. The van der Waals surface area contributed by atoms with Gasteiger partial charge in [-0.25, -0.2) is 0 Å². The molecule has 0 radical (unpaired) electrons. The average Bonchev–Trinajstić information content (AvgIpc) is 3.45. The van der Waals surface area contributed by atoms with E-state index in [-0.39, 0.29) is 17.7 Å². The summed E-state index contributed by atoms with van der Waals surface area (Å²) in [6, 6.07) is 22.8. The van der Waals surface area contributed by atoms with Crippen molar-refractivity contribution in [1.29, 1.82) is 0 Å². The van der Waals surface area contributed by atoms with Gasteiger partial charge >= 0.3 is 0 Å². The van der Waals surface area contributed by atoms with Crippen LogP contribution in [0, 0.1) is 0 Å². The number of carbonyl (C=O) groups excluding carboxylic acids is 2. The molecule has 9 heteroatoms. The van der Waals surface area contributed by atoms with Crippen molar-refractivity contribution in [3.8, 4) is 5.75 Å². The van der Waals surface area contributed by atoms with Crippen molar-refractivity contribution in [3.05, 3.63) is 94.5 Å². The summed E-state index contributed by atoms with van der Waals surface area (Å²) in [5.74, 6) is 0.0726. The third-order valence-electron chi connectivity index (χ3n) is 7.75. The molecule has 3 atom stereocenters. The first-order valence-corrected chi connectivity index (χ1v) is 13.5. The van der Waals surface area contributed by atoms with E-state index in [1.807, 2.05) is 84.7 Å². The fourth-order valence-electron chi connectivity index (χ4n) is 6.12. The Morgan fingerprint density at radius 3 is 2.49 bits per heavy atom. The topological polar surface area (TPSA) is 61.9 Å². The normalized spacial score (nSPS) is 26.8. The monoisotopic (exact) mass is 549 g/mol. The number of likely N-dealkylation sites (N-methyl/N-ethyl adjacent to an activating group) is 1. The third kappa shape index (κ3) is 3.32. The molecular weight excluding hydrogens is 526 g/mol. The number of hydrogen-bond acceptors (Lipinski definition) is 6. The van der Waals surface area contributed by atoms with Crippen molar-refractivity contribution >= 4 is 57.4 Å². The number of thiocarbonyl (C=S) groups is 1. The molecule has 188 valence electrons. The number of para-hydroxylation sites is 1. The molecule has 1 N–H and O–H groups in total. The highest BCUT2D eigenvalue weighted by molar-refractivity contribution is 8.25. The average molecular weight is 550 g/mol. The molecular formula is C28H24ClN3O3S2. The van der Waals surface area contributed by atoms with E-state index in [0.29, 0.717) is 22.4 Å². The minimum Gasteiger partial charge on any atom is -0.497 e. The number of hydrogen-bond donors (Lipinski definition) is 1. The molecule has 0 aromatic heterocycles. The van der Waals surface area contributed by atoms with Crippen molar-refractivity contribution in [3.63, 3.8) is 0 Å². The molecule has 0 unspecified atom stereocenters. The maximum atomic E-state index is 14.7. The molecule has 0 aliphatic carbocycles. The van der Waals surface area contributed by atoms with Crippen molar-refractivity contribution < 1.29 is 14.3 Å². The molecule has 0 saturated carbocycles. The van der Waals surface area contributed by atoms with E-state index in [0.717, 1.165) is 28.1 Å². The van der Waals surface area contributed by atoms with Gasteiger partial charge in [0.05, 0.1) is 13.7 Å². The molecule has 2 amide bonds. The van der Waals surface area contributed by atoms with Crippen LogP contribution in [0.5, 0.6) is 5.75 Å². The predicted molar refractivity (Wildman–Crippen MR) is 150 cm³/mol. The van der Waals surface area contributed by atoms with Crippen LogP contribution < -0.4 is 10.1 Å². The molecule has 0 bridgehead atoms. The Hall–Kier alpha value is -2.91. The standard InChI is InChI=1S/C28H24ClN3O3S2/c1-31-16-22(18-9-11-19(29)12-10-18)28(27(31)21-5-3-4-6-23(21)30-24(27)33)25(34)32(26(36)37-28)15-17-7-13-20(35-2)14-8-17/h3-14,22H,15-16H2,1-2H3,(H,30,33)/t22-,27-,28+/m0/s1. The van der Waals surface area contributed by atoms with Crippen molar-refractivity contribution in [2.24, 2.45) is 0 Å². The zero-order valence-corrected chi connectivity index (χ0v) is 22.6. The lowest BCUT2D eigenvalue weighted by Gasteiger charge is -2.41. The maximum Gasteiger partial charge on any atom is 0.251 e. The Balaban J connectivity index is 1.52. The number of nitrogens with one attached hydrogen (secondary N) is 1. The van der Waals surface area contributed by atoms with E-state index in [1.165, 1.54) is 11.8 Å². The summed E-state index contributed by atoms with van der Waals surface area (Å²) < 4.78 is 4.55. The van der Waals surface area contributed by atoms with Gasteiger partial charge in [0.2, 0.25) is 5.91 Å². The quantitative estimate of drug-likeness (QED) is 0.461. The number of anilines is 1. The number of likely N-dealkylation sites (tertiary alicyclic amines) is 1. The highest BCUT2D eigenvalue weighted by Gasteiger charge is 2.77. The summed E-state index contributed by atoms with van der Waals surface area (Å²) >= 11 is 13.4. The minimum atomic E-state index is -1.23. The number of methoxy groups -OCH3 is 1. The Bertz CT molecular complexity index is 1430. The third-order valence-corrected chi connectivity index (χ3v) is 9.95. The van der Waals surface area contributed by atoms with Crippen LogP contribution in [0.25, 0.3) is 0 Å². The lowest BCUT2D eigenvalue weighted by molar-refractivity contribution is -0.138. The second-order valence-corrected chi connectivity index (χ2v) is 11.9. The van der Waals surface area contributed by atoms with Crippen LogP contribution in [0.3, 0.4) is 0 Å². The minimum absolute atomic E-state index is 0.158. The Morgan fingerprint density at radius 1 is 1.08 bits per heavy atom. The first kappa shape index (κ1) is 24.4. The molecule has 3 aromatic carbocycles. The number of benzene rings is 3. The summed E-state index contributed by atoms with van der Waals surface area (Å²) in [5.41, 5.74) is 2.17. The van der Waals surface area contributed by atoms with Crippen molar-refractivity contribution in [2.75, 3.05) is 26.0 Å². The lowest BCUT2D eigenvalue weighted by atomic mass is 9.72. The highest BCUT2D eigenvalue weighted by Crippen LogP contribution is 2.65. The number of rotatable bonds is 4. The van der Waals surface area contributed by atoms with Crippen molar-refractivity contribution in [1.82, 2.24) is 9.80 Å². The molecule has 2 fully saturated rings. The second-order valence-electron chi connectivity index (χ2n) is 9.54. The van der Waals surface area contributed by atoms with Gasteiger partial charge in [-0.15, -0.1) is 0 Å². The Labute approximate surface area is 229 Å². The van der Waals surface area contributed by atoms with Crippen LogP contribution in [0.2, 0.25) is 5.02 Å². The summed E-state index contributed by atoms with van der Waals surface area (Å²) in [4.78, 5) is 32.4. The summed E-state index contributed by atoms with van der Waals surface area (Å²) in [6.07, 6.45) is 0. The molecule has 37 heavy (non-hydrogen) atoms. The molecule has 6 rings (SSSR count). The van der Waals surface area contributed by atoms with Gasteiger partial charge < -0.3 is 10.1 Å². The van der Waals surface area contributed by atoms with Gasteiger partial charge in [-0.1, -0.05) is 78.0 Å². The van der Waals surface area contributed by atoms with E-state index in [2.05, 4.69) is 5.32 Å². The molecule has 3 heterocycles. The second kappa shape index (κ2) is 8.84. The van der Waals surface area contributed by atoms with Crippen LogP contribution in [0.1, 0.15) is 22.6 Å². The number of carbonyl (C=O) groups is 2. The number of thioether (sulfide) groups is 1. The number of fused-ring (bicyclic) bond motifs is 3. The van der Waals surface area contributed by atoms with Gasteiger partial charge in [0.1, 0.15) is 14.8 Å². The smallest absolute Gasteiger partial charge is 0.251 e. The van der Waals surface area contributed by atoms with Crippen LogP contribution in [-0.2, 0) is 21.7 Å². The van der Waals surface area contributed by atoms with Crippen LogP contribution in [0.15, 0.2) is 72.8 Å². The number of ether oxygens (including phenoxy) is 1. The summed E-state index contributed by atoms with van der Waals surface area (Å²) in [5, 5.41) is 3.68. The van der Waals surface area contributed by atoms with E-state index < -0.39 is 10.3 Å². The highest BCUT2D eigenvalue weighted by atomic mass is 35.5. The van der Waals surface area contributed by atoms with Crippen molar-refractivity contribution in [2.45, 2.75) is 22.7 Å². The Kier molecular flexibility index (Phi) is 5.84. The SMILES string of the molecule is COc1ccc(CN2C(=O)[C@]3(SC2=S)[C@H](c2ccc(Cl)cc2)CN(C)[C@@]32C(=O)Nc3ccccc32)cc1. The first-order valence-electron chi connectivity index (χ1n) is 11.9. The van der Waals surface area contributed by atoms with Gasteiger partial charge in [0, 0.05) is 28.7 Å². The summed E-state index contributed by atoms with van der Waals surface area (Å²) in [6.45, 7) is 0.813. The lowest BCUT2D eigenvalue weighted by Crippen LogP contribution is -2.61. The predicted octanol–water partition coefficient (Wildman–Crippen LogP) is 5.02. The zero-order valence-electron chi connectivity index (χ0n) is 20.2. The molecule has 6 nitrogen and oxygen atoms in total. The number of amides is 2. The van der Waals surface area contributed by atoms with Gasteiger partial charge in [0.15, 0.2) is 5.54 Å². The van der Waals surface area contributed by atoms with E-state index in [1.54, 1.807) is 12.0 Å². The van der Waals surface area contributed by atoms with Crippen LogP contribution >= 0.6 is 35.6 Å². The van der Waals surface area contributed by atoms with E-state index >= 15 is 0 Å². The molecule has 2 spiro atoms. The van der Waals surface area contributed by atoms with Crippen LogP contribution in [0.4, 0.5) is 5.69 Å². The summed E-state index contributed by atoms with van der Waals surface area (Å²) in [7, 11) is 3.54. The molecule has 3 aliphatic rings. The largest absolute Gasteiger partial charge is 0.497 e. The fourth-order valence-corrected chi connectivity index (χ4v) is 8.38. The van der Waals surface area contributed by atoms with Crippen LogP contribution in [-0.4, -0.2) is 51.4 Å². The number of nitrogens with zero attached hydrogens (tertiary/aromatic N) is 2.